The van der Waals surface area contributed by atoms with Gasteiger partial charge in [-0.2, -0.15) is 4.80 Å². The van der Waals surface area contributed by atoms with E-state index in [-0.39, 0.29) is 12.6 Å². The molecule has 132 valence electrons. The number of nitrogens with zero attached hydrogens (tertiary/aromatic N) is 4. The van der Waals surface area contributed by atoms with Gasteiger partial charge in [-0.05, 0) is 30.2 Å². The van der Waals surface area contributed by atoms with E-state index in [0.29, 0.717) is 5.82 Å². The lowest BCUT2D eigenvalue weighted by atomic mass is 9.96. The fourth-order valence-corrected chi connectivity index (χ4v) is 3.29. The van der Waals surface area contributed by atoms with Gasteiger partial charge in [-0.3, -0.25) is 10.1 Å². The van der Waals surface area contributed by atoms with Crippen LogP contribution in [0.15, 0.2) is 28.7 Å². The third kappa shape index (κ3) is 4.85. The summed E-state index contributed by atoms with van der Waals surface area (Å²) >= 11 is 3.42. The van der Waals surface area contributed by atoms with Crippen LogP contribution in [0.2, 0.25) is 0 Å². The van der Waals surface area contributed by atoms with Crippen molar-refractivity contribution < 1.29 is 9.59 Å². The molecule has 3 rings (SSSR count). The number of aromatic nitrogens is 4. The van der Waals surface area contributed by atoms with Gasteiger partial charge in [0.1, 0.15) is 6.54 Å². The van der Waals surface area contributed by atoms with Gasteiger partial charge in [0.05, 0.1) is 0 Å². The van der Waals surface area contributed by atoms with E-state index in [1.165, 1.54) is 6.42 Å². The number of imide groups is 1. The SMILES string of the molecule is O=C(Cn1nnc(-c2ccccc2Br)n1)NC(=O)NC1CCCCC1. The van der Waals surface area contributed by atoms with E-state index in [9.17, 15) is 9.59 Å². The Kier molecular flexibility index (Phi) is 5.75. The Labute approximate surface area is 153 Å². The van der Waals surface area contributed by atoms with Crippen LogP contribution in [0.5, 0.6) is 0 Å². The minimum Gasteiger partial charge on any atom is -0.335 e. The number of carbonyl (C=O) groups is 2. The van der Waals surface area contributed by atoms with Crippen molar-refractivity contribution in [2.75, 3.05) is 0 Å². The molecular formula is C16H19BrN6O2. The third-order valence-corrected chi connectivity index (χ3v) is 4.74. The predicted octanol–water partition coefficient (Wildman–Crippen LogP) is 2.26. The summed E-state index contributed by atoms with van der Waals surface area (Å²) in [6.07, 6.45) is 5.35. The van der Waals surface area contributed by atoms with Gasteiger partial charge in [0.25, 0.3) is 5.91 Å². The van der Waals surface area contributed by atoms with Crippen molar-refractivity contribution in [1.82, 2.24) is 30.8 Å². The molecule has 0 unspecified atom stereocenters. The van der Waals surface area contributed by atoms with Gasteiger partial charge in [-0.1, -0.05) is 47.3 Å². The normalized spacial score (nSPS) is 14.9. The first-order chi connectivity index (χ1) is 12.1. The summed E-state index contributed by atoms with van der Waals surface area (Å²) in [6.45, 7) is -0.171. The number of nitrogens with one attached hydrogen (secondary N) is 2. The van der Waals surface area contributed by atoms with Crippen molar-refractivity contribution in [2.24, 2.45) is 0 Å². The van der Waals surface area contributed by atoms with Gasteiger partial charge >= 0.3 is 6.03 Å². The third-order valence-electron chi connectivity index (χ3n) is 4.05. The molecule has 9 heteroatoms. The molecule has 0 aliphatic heterocycles. The van der Waals surface area contributed by atoms with E-state index in [1.807, 2.05) is 24.3 Å². The number of urea groups is 1. The molecule has 1 heterocycles. The highest BCUT2D eigenvalue weighted by molar-refractivity contribution is 9.10. The number of halogens is 1. The quantitative estimate of drug-likeness (QED) is 0.810. The molecule has 2 N–H and O–H groups in total. The summed E-state index contributed by atoms with van der Waals surface area (Å²) in [5, 5.41) is 17.1. The molecule has 0 atom stereocenters. The first kappa shape index (κ1) is 17.5. The van der Waals surface area contributed by atoms with Crippen molar-refractivity contribution >= 4 is 27.9 Å². The number of tetrazole rings is 1. The van der Waals surface area contributed by atoms with Crippen LogP contribution in [-0.4, -0.2) is 38.2 Å². The number of amides is 3. The first-order valence-electron chi connectivity index (χ1n) is 8.25. The topological polar surface area (TPSA) is 102 Å². The van der Waals surface area contributed by atoms with E-state index >= 15 is 0 Å². The molecule has 0 bridgehead atoms. The summed E-state index contributed by atoms with van der Waals surface area (Å²) in [5.74, 6) is -0.0729. The molecule has 1 fully saturated rings. The molecule has 25 heavy (non-hydrogen) atoms. The van der Waals surface area contributed by atoms with E-state index < -0.39 is 11.9 Å². The minimum absolute atomic E-state index is 0.146. The maximum atomic E-state index is 12.0. The first-order valence-corrected chi connectivity index (χ1v) is 9.04. The minimum atomic E-state index is -0.482. The Morgan fingerprint density at radius 3 is 2.72 bits per heavy atom. The van der Waals surface area contributed by atoms with Crippen LogP contribution in [0.25, 0.3) is 11.4 Å². The summed E-state index contributed by atoms with van der Waals surface area (Å²) in [7, 11) is 0. The lowest BCUT2D eigenvalue weighted by Crippen LogP contribution is -2.46. The van der Waals surface area contributed by atoms with Gasteiger partial charge in [0, 0.05) is 16.1 Å². The largest absolute Gasteiger partial charge is 0.335 e. The monoisotopic (exact) mass is 406 g/mol. The zero-order valence-corrected chi connectivity index (χ0v) is 15.2. The number of rotatable bonds is 4. The number of hydrogen-bond acceptors (Lipinski definition) is 5. The van der Waals surface area contributed by atoms with Gasteiger partial charge < -0.3 is 5.32 Å². The molecule has 0 spiro atoms. The number of carbonyl (C=O) groups excluding carboxylic acids is 2. The fourth-order valence-electron chi connectivity index (χ4n) is 2.82. The van der Waals surface area contributed by atoms with Crippen molar-refractivity contribution in [3.63, 3.8) is 0 Å². The summed E-state index contributed by atoms with van der Waals surface area (Å²) in [4.78, 5) is 25.0. The lowest BCUT2D eigenvalue weighted by molar-refractivity contribution is -0.121. The van der Waals surface area contributed by atoms with E-state index in [1.54, 1.807) is 0 Å². The average molecular weight is 407 g/mol. The van der Waals surface area contributed by atoms with Crippen molar-refractivity contribution in [2.45, 2.75) is 44.7 Å². The number of benzene rings is 1. The van der Waals surface area contributed by atoms with E-state index in [4.69, 9.17) is 0 Å². The highest BCUT2D eigenvalue weighted by Crippen LogP contribution is 2.24. The highest BCUT2D eigenvalue weighted by Gasteiger charge is 2.18. The number of hydrogen-bond donors (Lipinski definition) is 2. The smallest absolute Gasteiger partial charge is 0.321 e. The molecule has 8 nitrogen and oxygen atoms in total. The van der Waals surface area contributed by atoms with Crippen molar-refractivity contribution in [1.29, 1.82) is 0 Å². The van der Waals surface area contributed by atoms with Gasteiger partial charge in [0.15, 0.2) is 0 Å². The zero-order chi connectivity index (χ0) is 17.6. The second-order valence-corrected chi connectivity index (χ2v) is 6.83. The summed E-state index contributed by atoms with van der Waals surface area (Å²) < 4.78 is 0.839. The van der Waals surface area contributed by atoms with Gasteiger partial charge in [0.2, 0.25) is 5.82 Å². The maximum Gasteiger partial charge on any atom is 0.321 e. The molecule has 2 aromatic rings. The molecule has 1 aliphatic carbocycles. The standard InChI is InChI=1S/C16H19BrN6O2/c17-13-9-5-4-8-12(13)15-20-22-23(21-15)10-14(24)19-16(25)18-11-6-2-1-3-7-11/h4-5,8-9,11H,1-3,6-7,10H2,(H2,18,19,24,25). The lowest BCUT2D eigenvalue weighted by Gasteiger charge is -2.22. The molecule has 0 radical (unpaired) electrons. The van der Waals surface area contributed by atoms with Crippen LogP contribution in [0.3, 0.4) is 0 Å². The van der Waals surface area contributed by atoms with E-state index in [2.05, 4.69) is 42.0 Å². The molecule has 3 amide bonds. The van der Waals surface area contributed by atoms with Gasteiger partial charge in [-0.15, -0.1) is 10.2 Å². The van der Waals surface area contributed by atoms with Crippen LogP contribution in [0.1, 0.15) is 32.1 Å². The Morgan fingerprint density at radius 2 is 1.96 bits per heavy atom. The Bertz CT molecular complexity index is 757. The second-order valence-electron chi connectivity index (χ2n) is 5.98. The van der Waals surface area contributed by atoms with Crippen LogP contribution < -0.4 is 10.6 Å². The van der Waals surface area contributed by atoms with Crippen LogP contribution in [0, 0.1) is 0 Å². The van der Waals surface area contributed by atoms with Crippen molar-refractivity contribution in [3.8, 4) is 11.4 Å². The maximum absolute atomic E-state index is 12.0. The molecule has 1 aliphatic rings. The molecular weight excluding hydrogens is 388 g/mol. The Hall–Kier alpha value is -2.29. The van der Waals surface area contributed by atoms with E-state index in [0.717, 1.165) is 40.5 Å². The highest BCUT2D eigenvalue weighted by atomic mass is 79.9. The summed E-state index contributed by atoms with van der Waals surface area (Å²) in [5.41, 5.74) is 0.782. The predicted molar refractivity (Wildman–Crippen MR) is 94.5 cm³/mol. The fraction of sp³-hybridized carbons (Fsp3) is 0.438. The van der Waals surface area contributed by atoms with Crippen LogP contribution in [0.4, 0.5) is 4.79 Å². The second kappa shape index (κ2) is 8.19. The average Bonchev–Trinajstić information content (AvgIpc) is 3.04. The van der Waals surface area contributed by atoms with Gasteiger partial charge in [-0.25, -0.2) is 4.79 Å². The molecule has 1 aromatic carbocycles. The molecule has 0 saturated heterocycles. The Balaban J connectivity index is 1.53. The van der Waals surface area contributed by atoms with Crippen molar-refractivity contribution in [3.05, 3.63) is 28.7 Å². The summed E-state index contributed by atoms with van der Waals surface area (Å²) in [6, 6.07) is 7.15. The molecule has 1 aromatic heterocycles. The van der Waals surface area contributed by atoms with Crippen LogP contribution >= 0.6 is 15.9 Å². The van der Waals surface area contributed by atoms with Crippen LogP contribution in [-0.2, 0) is 11.3 Å². The zero-order valence-electron chi connectivity index (χ0n) is 13.6. The Morgan fingerprint density at radius 1 is 1.20 bits per heavy atom. The molecule has 1 saturated carbocycles.